The number of Topliss-reactive ketones (excluding diaryl/α,β-unsaturated/α-hetero) is 1. The molecular weight excluding hydrogens is 412 g/mol. The molecule has 2 aromatic rings. The van der Waals surface area contributed by atoms with Crippen LogP contribution in [0.4, 0.5) is 0 Å². The van der Waals surface area contributed by atoms with Crippen LogP contribution in [0.3, 0.4) is 0 Å². The Kier molecular flexibility index (Phi) is 7.87. The third-order valence-electron chi connectivity index (χ3n) is 5.51. The van der Waals surface area contributed by atoms with Crippen LogP contribution in [0.25, 0.3) is 0 Å². The van der Waals surface area contributed by atoms with Crippen LogP contribution < -0.4 is 4.74 Å². The molecule has 0 bridgehead atoms. The lowest BCUT2D eigenvalue weighted by atomic mass is 9.95. The zero-order valence-electron chi connectivity index (χ0n) is 18.3. The first-order valence-electron chi connectivity index (χ1n) is 10.8. The van der Waals surface area contributed by atoms with Crippen molar-refractivity contribution in [1.29, 1.82) is 0 Å². The Labute approximate surface area is 187 Å². The Hall–Kier alpha value is -2.64. The van der Waals surface area contributed by atoms with E-state index >= 15 is 0 Å². The number of likely N-dealkylation sites (N-methyl/N-ethyl adjacent to an activating group) is 1. The summed E-state index contributed by atoms with van der Waals surface area (Å²) in [7, 11) is 0. The number of hydrogen-bond donors (Lipinski definition) is 1. The Morgan fingerprint density at radius 3 is 2.45 bits per heavy atom. The number of rotatable bonds is 11. The van der Waals surface area contributed by atoms with E-state index in [2.05, 4.69) is 18.7 Å². The molecular formula is C24H30N2O4S. The first-order valence-corrected chi connectivity index (χ1v) is 11.7. The van der Waals surface area contributed by atoms with Gasteiger partial charge in [-0.15, -0.1) is 11.3 Å². The predicted octanol–water partition coefficient (Wildman–Crippen LogP) is 4.46. The second kappa shape index (κ2) is 10.6. The summed E-state index contributed by atoms with van der Waals surface area (Å²) in [6, 6.07) is 10.3. The maximum Gasteiger partial charge on any atom is 0.290 e. The van der Waals surface area contributed by atoms with Gasteiger partial charge in [0.25, 0.3) is 5.91 Å². The lowest BCUT2D eigenvalue weighted by molar-refractivity contribution is -0.129. The van der Waals surface area contributed by atoms with Gasteiger partial charge in [0, 0.05) is 13.1 Å². The van der Waals surface area contributed by atoms with E-state index in [0.29, 0.717) is 24.6 Å². The van der Waals surface area contributed by atoms with Crippen LogP contribution in [0.2, 0.25) is 0 Å². The van der Waals surface area contributed by atoms with E-state index in [1.807, 2.05) is 36.6 Å². The second-order valence-corrected chi connectivity index (χ2v) is 8.36. The SMILES string of the molecule is CCCOc1ccc(C2C(C(=O)c3cccs3)=C(O)C(=O)N2CCN(CC)CC)cc1. The van der Waals surface area contributed by atoms with E-state index in [4.69, 9.17) is 4.74 Å². The fourth-order valence-electron chi connectivity index (χ4n) is 3.76. The largest absolute Gasteiger partial charge is 0.503 e. The molecule has 1 aliphatic heterocycles. The number of amides is 1. The average molecular weight is 443 g/mol. The molecule has 1 aromatic heterocycles. The number of aliphatic hydroxyl groups is 1. The number of hydrogen-bond acceptors (Lipinski definition) is 6. The van der Waals surface area contributed by atoms with E-state index in [0.717, 1.165) is 30.8 Å². The van der Waals surface area contributed by atoms with Gasteiger partial charge in [-0.25, -0.2) is 0 Å². The minimum Gasteiger partial charge on any atom is -0.503 e. The lowest BCUT2D eigenvalue weighted by Gasteiger charge is -2.29. The minimum atomic E-state index is -0.627. The van der Waals surface area contributed by atoms with Crippen LogP contribution in [0.5, 0.6) is 5.75 Å². The van der Waals surface area contributed by atoms with Crippen LogP contribution in [0, 0.1) is 0 Å². The average Bonchev–Trinajstić information content (AvgIpc) is 3.41. The predicted molar refractivity (Wildman–Crippen MR) is 123 cm³/mol. The molecule has 1 aliphatic rings. The van der Waals surface area contributed by atoms with Crippen molar-refractivity contribution in [3.8, 4) is 5.75 Å². The van der Waals surface area contributed by atoms with Gasteiger partial charge in [0.05, 0.1) is 23.1 Å². The van der Waals surface area contributed by atoms with Crippen molar-refractivity contribution in [3.05, 3.63) is 63.6 Å². The van der Waals surface area contributed by atoms with Crippen molar-refractivity contribution in [1.82, 2.24) is 9.80 Å². The Morgan fingerprint density at radius 1 is 1.16 bits per heavy atom. The third kappa shape index (κ3) is 4.99. The molecule has 7 heteroatoms. The van der Waals surface area contributed by atoms with E-state index < -0.39 is 17.7 Å². The zero-order chi connectivity index (χ0) is 22.4. The zero-order valence-corrected chi connectivity index (χ0v) is 19.2. The molecule has 1 aromatic carbocycles. The summed E-state index contributed by atoms with van der Waals surface area (Å²) in [6.07, 6.45) is 0.911. The number of benzene rings is 1. The van der Waals surface area contributed by atoms with Crippen molar-refractivity contribution in [2.75, 3.05) is 32.8 Å². The summed E-state index contributed by atoms with van der Waals surface area (Å²) in [4.78, 5) is 30.6. The van der Waals surface area contributed by atoms with Gasteiger partial charge in [0.1, 0.15) is 5.75 Å². The summed E-state index contributed by atoms with van der Waals surface area (Å²) in [6.45, 7) is 9.64. The molecule has 0 radical (unpaired) electrons. The molecule has 1 N–H and O–H groups in total. The molecule has 0 fully saturated rings. The fraction of sp³-hybridized carbons (Fsp3) is 0.417. The Balaban J connectivity index is 1.95. The number of ether oxygens (including phenoxy) is 1. The molecule has 31 heavy (non-hydrogen) atoms. The van der Waals surface area contributed by atoms with E-state index in [-0.39, 0.29) is 11.4 Å². The lowest BCUT2D eigenvalue weighted by Crippen LogP contribution is -2.38. The quantitative estimate of drug-likeness (QED) is 0.521. The number of nitrogens with zero attached hydrogens (tertiary/aromatic N) is 2. The van der Waals surface area contributed by atoms with Gasteiger partial charge in [-0.2, -0.15) is 0 Å². The number of carbonyl (C=O) groups excluding carboxylic acids is 2. The normalized spacial score (nSPS) is 16.5. The van der Waals surface area contributed by atoms with E-state index in [1.54, 1.807) is 17.0 Å². The Morgan fingerprint density at radius 2 is 1.87 bits per heavy atom. The molecule has 2 heterocycles. The number of thiophene rings is 1. The number of carbonyl (C=O) groups is 2. The second-order valence-electron chi connectivity index (χ2n) is 7.41. The molecule has 0 saturated heterocycles. The minimum absolute atomic E-state index is 0.147. The van der Waals surface area contributed by atoms with Crippen molar-refractivity contribution >= 4 is 23.0 Å². The van der Waals surface area contributed by atoms with Crippen molar-refractivity contribution < 1.29 is 19.4 Å². The Bertz CT molecular complexity index is 918. The molecule has 6 nitrogen and oxygen atoms in total. The van der Waals surface area contributed by atoms with Gasteiger partial charge < -0.3 is 19.6 Å². The van der Waals surface area contributed by atoms with Crippen LogP contribution in [-0.4, -0.2) is 59.4 Å². The molecule has 1 atom stereocenters. The highest BCUT2D eigenvalue weighted by atomic mass is 32.1. The van der Waals surface area contributed by atoms with Gasteiger partial charge in [0.2, 0.25) is 5.78 Å². The fourth-order valence-corrected chi connectivity index (χ4v) is 4.44. The van der Waals surface area contributed by atoms with E-state index in [9.17, 15) is 14.7 Å². The molecule has 0 saturated carbocycles. The van der Waals surface area contributed by atoms with Gasteiger partial charge in [0.15, 0.2) is 5.76 Å². The van der Waals surface area contributed by atoms with Crippen LogP contribution in [0.15, 0.2) is 53.1 Å². The summed E-state index contributed by atoms with van der Waals surface area (Å²) >= 11 is 1.30. The number of aliphatic hydroxyl groups excluding tert-OH is 1. The number of ketones is 1. The highest BCUT2D eigenvalue weighted by Crippen LogP contribution is 2.39. The summed E-state index contributed by atoms with van der Waals surface area (Å²) in [5.41, 5.74) is 0.926. The molecule has 0 spiro atoms. The van der Waals surface area contributed by atoms with Gasteiger partial charge in [-0.1, -0.05) is 39.0 Å². The highest BCUT2D eigenvalue weighted by molar-refractivity contribution is 7.12. The van der Waals surface area contributed by atoms with Gasteiger partial charge in [-0.3, -0.25) is 9.59 Å². The maximum atomic E-state index is 13.2. The summed E-state index contributed by atoms with van der Waals surface area (Å²) in [5, 5.41) is 12.5. The first-order chi connectivity index (χ1) is 15.0. The smallest absolute Gasteiger partial charge is 0.290 e. The topological polar surface area (TPSA) is 70.1 Å². The van der Waals surface area contributed by atoms with Crippen LogP contribution >= 0.6 is 11.3 Å². The molecule has 1 unspecified atom stereocenters. The van der Waals surface area contributed by atoms with Crippen LogP contribution in [-0.2, 0) is 4.79 Å². The van der Waals surface area contributed by atoms with E-state index in [1.165, 1.54) is 11.3 Å². The van der Waals surface area contributed by atoms with Crippen LogP contribution in [0.1, 0.15) is 48.5 Å². The van der Waals surface area contributed by atoms with Gasteiger partial charge >= 0.3 is 0 Å². The first kappa shape index (κ1) is 23.0. The highest BCUT2D eigenvalue weighted by Gasteiger charge is 2.43. The van der Waals surface area contributed by atoms with Gasteiger partial charge in [-0.05, 0) is 48.7 Å². The summed E-state index contributed by atoms with van der Waals surface area (Å²) < 4.78 is 5.67. The third-order valence-corrected chi connectivity index (χ3v) is 6.38. The molecule has 1 amide bonds. The maximum absolute atomic E-state index is 13.2. The monoisotopic (exact) mass is 442 g/mol. The molecule has 0 aliphatic carbocycles. The standard InChI is InChI=1S/C24H30N2O4S/c1-4-15-30-18-11-9-17(10-12-18)21-20(22(27)19-8-7-16-31-19)23(28)24(29)26(21)14-13-25(5-2)6-3/h7-12,16,21,28H,4-6,13-15H2,1-3H3. The van der Waals surface area contributed by atoms with Crippen molar-refractivity contribution in [3.63, 3.8) is 0 Å². The molecule has 3 rings (SSSR count). The van der Waals surface area contributed by atoms with Crippen molar-refractivity contribution in [2.24, 2.45) is 0 Å². The van der Waals surface area contributed by atoms with Crippen molar-refractivity contribution in [2.45, 2.75) is 33.2 Å². The molecule has 166 valence electrons. The summed E-state index contributed by atoms with van der Waals surface area (Å²) in [5.74, 6) is -0.510.